The lowest BCUT2D eigenvalue weighted by atomic mass is 9.97. The average Bonchev–Trinajstić information content (AvgIpc) is 2.70. The van der Waals surface area contributed by atoms with Gasteiger partial charge >= 0.3 is 0 Å². The number of carbonyl (C=O) groups is 1. The minimum atomic E-state index is -0.222. The van der Waals surface area contributed by atoms with Crippen molar-refractivity contribution in [2.45, 2.75) is 19.4 Å². The van der Waals surface area contributed by atoms with Crippen LogP contribution in [-0.2, 0) is 11.3 Å². The predicted molar refractivity (Wildman–Crippen MR) is 104 cm³/mol. The minimum absolute atomic E-state index is 0.00804. The molecule has 1 amide bonds. The number of fused-ring (bicyclic) bond motifs is 1. The molecule has 134 valence electrons. The van der Waals surface area contributed by atoms with Crippen LogP contribution in [0.25, 0.3) is 10.8 Å². The Labute approximate surface area is 153 Å². The van der Waals surface area contributed by atoms with E-state index >= 15 is 0 Å². The Hall–Kier alpha value is -3.01. The van der Waals surface area contributed by atoms with Gasteiger partial charge in [0.25, 0.3) is 0 Å². The molecule has 0 aliphatic heterocycles. The summed E-state index contributed by atoms with van der Waals surface area (Å²) in [6, 6.07) is 19.7. The topological polar surface area (TPSA) is 47.6 Å². The second kappa shape index (κ2) is 7.91. The summed E-state index contributed by atoms with van der Waals surface area (Å²) in [6.45, 7) is 2.42. The first-order chi connectivity index (χ1) is 12.6. The van der Waals surface area contributed by atoms with Gasteiger partial charge in [-0.25, -0.2) is 0 Å². The van der Waals surface area contributed by atoms with Gasteiger partial charge in [-0.2, -0.15) is 0 Å². The molecule has 1 N–H and O–H groups in total. The number of carbonyl (C=O) groups excluding carboxylic acids is 1. The highest BCUT2D eigenvalue weighted by molar-refractivity contribution is 5.88. The third-order valence-electron chi connectivity index (χ3n) is 4.59. The molecular weight excluding hydrogens is 326 g/mol. The van der Waals surface area contributed by atoms with Crippen LogP contribution in [0.2, 0.25) is 0 Å². The lowest BCUT2D eigenvalue weighted by Gasteiger charge is -2.14. The zero-order chi connectivity index (χ0) is 18.5. The molecule has 4 nitrogen and oxygen atoms in total. The van der Waals surface area contributed by atoms with Crippen LogP contribution < -0.4 is 14.8 Å². The van der Waals surface area contributed by atoms with Crippen molar-refractivity contribution in [2.75, 3.05) is 14.2 Å². The first-order valence-corrected chi connectivity index (χ1v) is 8.59. The number of ether oxygens (including phenoxy) is 2. The maximum Gasteiger partial charge on any atom is 0.227 e. The van der Waals surface area contributed by atoms with Crippen LogP contribution in [-0.4, -0.2) is 20.1 Å². The highest BCUT2D eigenvalue weighted by Gasteiger charge is 2.15. The maximum absolute atomic E-state index is 12.5. The van der Waals surface area contributed by atoms with Crippen molar-refractivity contribution in [2.24, 2.45) is 0 Å². The Kier molecular flexibility index (Phi) is 5.42. The number of hydrogen-bond donors (Lipinski definition) is 1. The van der Waals surface area contributed by atoms with Crippen molar-refractivity contribution in [3.63, 3.8) is 0 Å². The molecule has 26 heavy (non-hydrogen) atoms. The Morgan fingerprint density at radius 3 is 2.19 bits per heavy atom. The van der Waals surface area contributed by atoms with E-state index in [0.29, 0.717) is 6.54 Å². The predicted octanol–water partition coefficient (Wildman–Crippen LogP) is 4.28. The molecule has 0 spiro atoms. The zero-order valence-corrected chi connectivity index (χ0v) is 15.3. The van der Waals surface area contributed by atoms with Gasteiger partial charge in [-0.15, -0.1) is 0 Å². The number of benzene rings is 3. The normalized spacial score (nSPS) is 11.8. The summed E-state index contributed by atoms with van der Waals surface area (Å²) >= 11 is 0. The fourth-order valence-corrected chi connectivity index (χ4v) is 2.88. The lowest BCUT2D eigenvalue weighted by molar-refractivity contribution is -0.122. The van der Waals surface area contributed by atoms with Crippen molar-refractivity contribution >= 4 is 16.7 Å². The molecule has 0 aromatic heterocycles. The summed E-state index contributed by atoms with van der Waals surface area (Å²) in [6.07, 6.45) is 0. The second-order valence-corrected chi connectivity index (χ2v) is 6.26. The Bertz CT molecular complexity index is 903. The SMILES string of the molecule is COc1ccc(CNC(=O)C(C)c2ccc3cc(OC)ccc3c2)cc1. The van der Waals surface area contributed by atoms with E-state index in [1.165, 1.54) is 0 Å². The third kappa shape index (κ3) is 3.97. The van der Waals surface area contributed by atoms with Crippen molar-refractivity contribution < 1.29 is 14.3 Å². The van der Waals surface area contributed by atoms with Gasteiger partial charge < -0.3 is 14.8 Å². The molecule has 0 fully saturated rings. The van der Waals surface area contributed by atoms with Crippen LogP contribution in [0.4, 0.5) is 0 Å². The van der Waals surface area contributed by atoms with Gasteiger partial charge in [-0.05, 0) is 53.1 Å². The van der Waals surface area contributed by atoms with Crippen molar-refractivity contribution in [1.29, 1.82) is 0 Å². The summed E-state index contributed by atoms with van der Waals surface area (Å²) in [4.78, 5) is 12.5. The van der Waals surface area contributed by atoms with Gasteiger partial charge in [0.15, 0.2) is 0 Å². The second-order valence-electron chi connectivity index (χ2n) is 6.26. The van der Waals surface area contributed by atoms with E-state index in [1.807, 2.05) is 61.5 Å². The molecule has 3 rings (SSSR count). The van der Waals surface area contributed by atoms with E-state index in [4.69, 9.17) is 9.47 Å². The van der Waals surface area contributed by atoms with Crippen molar-refractivity contribution in [3.05, 3.63) is 71.8 Å². The van der Waals surface area contributed by atoms with Gasteiger partial charge in [0, 0.05) is 6.54 Å². The minimum Gasteiger partial charge on any atom is -0.497 e. The van der Waals surface area contributed by atoms with E-state index in [9.17, 15) is 4.79 Å². The van der Waals surface area contributed by atoms with Crippen LogP contribution >= 0.6 is 0 Å². The largest absolute Gasteiger partial charge is 0.497 e. The van der Waals surface area contributed by atoms with Gasteiger partial charge in [0.05, 0.1) is 20.1 Å². The fourth-order valence-electron chi connectivity index (χ4n) is 2.88. The standard InChI is InChI=1S/C22H23NO3/c1-15(22(24)23-14-16-4-9-20(25-2)10-5-16)17-6-7-19-13-21(26-3)11-8-18(19)12-17/h4-13,15H,14H2,1-3H3,(H,23,24). The van der Waals surface area contributed by atoms with E-state index in [0.717, 1.165) is 33.4 Å². The Morgan fingerprint density at radius 2 is 1.50 bits per heavy atom. The molecule has 0 saturated carbocycles. The van der Waals surface area contributed by atoms with Crippen molar-refractivity contribution in [3.8, 4) is 11.5 Å². The summed E-state index contributed by atoms with van der Waals surface area (Å²) in [5, 5.41) is 5.19. The number of methoxy groups -OCH3 is 2. The van der Waals surface area contributed by atoms with Crippen molar-refractivity contribution in [1.82, 2.24) is 5.32 Å². The van der Waals surface area contributed by atoms with Crippen LogP contribution in [0.15, 0.2) is 60.7 Å². The Balaban J connectivity index is 1.68. The molecule has 0 saturated heterocycles. The number of amides is 1. The molecule has 4 heteroatoms. The first-order valence-electron chi connectivity index (χ1n) is 8.59. The average molecular weight is 349 g/mol. The summed E-state index contributed by atoms with van der Waals surface area (Å²) in [5.41, 5.74) is 2.03. The summed E-state index contributed by atoms with van der Waals surface area (Å²) in [5.74, 6) is 1.42. The molecule has 0 aliphatic rings. The van der Waals surface area contributed by atoms with Gasteiger partial charge in [0.2, 0.25) is 5.91 Å². The van der Waals surface area contributed by atoms with E-state index < -0.39 is 0 Å². The van der Waals surface area contributed by atoms with Crippen LogP contribution in [0.1, 0.15) is 24.0 Å². The molecule has 0 aliphatic carbocycles. The Morgan fingerprint density at radius 1 is 0.885 bits per heavy atom. The molecule has 3 aromatic carbocycles. The van der Waals surface area contributed by atoms with Gasteiger partial charge in [-0.3, -0.25) is 4.79 Å². The van der Waals surface area contributed by atoms with Gasteiger partial charge in [-0.1, -0.05) is 36.4 Å². The zero-order valence-electron chi connectivity index (χ0n) is 15.3. The van der Waals surface area contributed by atoms with E-state index in [2.05, 4.69) is 11.4 Å². The molecule has 1 atom stereocenters. The van der Waals surface area contributed by atoms with Crippen LogP contribution in [0, 0.1) is 0 Å². The number of hydrogen-bond acceptors (Lipinski definition) is 3. The highest BCUT2D eigenvalue weighted by atomic mass is 16.5. The van der Waals surface area contributed by atoms with Gasteiger partial charge in [0.1, 0.15) is 11.5 Å². The van der Waals surface area contributed by atoms with E-state index in [-0.39, 0.29) is 11.8 Å². The highest BCUT2D eigenvalue weighted by Crippen LogP contribution is 2.25. The molecular formula is C22H23NO3. The molecule has 0 bridgehead atoms. The molecule has 1 unspecified atom stereocenters. The molecule has 3 aromatic rings. The quantitative estimate of drug-likeness (QED) is 0.723. The third-order valence-corrected chi connectivity index (χ3v) is 4.59. The summed E-state index contributed by atoms with van der Waals surface area (Å²) < 4.78 is 10.4. The number of nitrogens with one attached hydrogen (secondary N) is 1. The smallest absolute Gasteiger partial charge is 0.227 e. The first kappa shape index (κ1) is 17.8. The van der Waals surface area contributed by atoms with E-state index in [1.54, 1.807) is 14.2 Å². The lowest BCUT2D eigenvalue weighted by Crippen LogP contribution is -2.27. The molecule has 0 heterocycles. The summed E-state index contributed by atoms with van der Waals surface area (Å²) in [7, 11) is 3.29. The monoisotopic (exact) mass is 349 g/mol. The van der Waals surface area contributed by atoms with Crippen LogP contribution in [0.3, 0.4) is 0 Å². The number of rotatable bonds is 6. The fraction of sp³-hybridized carbons (Fsp3) is 0.227. The van der Waals surface area contributed by atoms with Crippen LogP contribution in [0.5, 0.6) is 11.5 Å². The molecule has 0 radical (unpaired) electrons. The maximum atomic E-state index is 12.5.